The Labute approximate surface area is 113 Å². The second-order valence-corrected chi connectivity index (χ2v) is 8.60. The van der Waals surface area contributed by atoms with E-state index in [9.17, 15) is 4.79 Å². The second-order valence-electron chi connectivity index (χ2n) is 4.54. The van der Waals surface area contributed by atoms with Crippen molar-refractivity contribution in [2.45, 2.75) is 64.8 Å². The minimum absolute atomic E-state index is 0.0529. The molecular weight excluding hydrogens is 244 g/mol. The summed E-state index contributed by atoms with van der Waals surface area (Å²) in [5, 5.41) is 0. The fourth-order valence-corrected chi connectivity index (χ4v) is 7.28. The normalized spacial score (nSPS) is 13.1. The summed E-state index contributed by atoms with van der Waals surface area (Å²) in [5.74, 6) is -0.328. The highest BCUT2D eigenvalue weighted by molar-refractivity contribution is 6.75. The maximum atomic E-state index is 11.5. The highest BCUT2D eigenvalue weighted by atomic mass is 28.4. The average molecular weight is 272 g/mol. The molecule has 0 N–H and O–H groups in total. The van der Waals surface area contributed by atoms with Crippen LogP contribution in [0.5, 0.6) is 0 Å². The maximum absolute atomic E-state index is 11.5. The first-order chi connectivity index (χ1) is 8.60. The Morgan fingerprint density at radius 3 is 2.11 bits per heavy atom. The molecule has 0 saturated carbocycles. The summed E-state index contributed by atoms with van der Waals surface area (Å²) in [6.07, 6.45) is 4.22. The van der Waals surface area contributed by atoms with Gasteiger partial charge in [0.15, 0.2) is 0 Å². The molecule has 18 heavy (non-hydrogen) atoms. The van der Waals surface area contributed by atoms with Gasteiger partial charge in [0.2, 0.25) is 8.32 Å². The van der Waals surface area contributed by atoms with Crippen molar-refractivity contribution in [3.8, 4) is 0 Å². The number of esters is 1. The molecule has 106 valence electrons. The Morgan fingerprint density at radius 2 is 1.78 bits per heavy atom. The monoisotopic (exact) mass is 272 g/mol. The predicted octanol–water partition coefficient (Wildman–Crippen LogP) is 3.84. The van der Waals surface area contributed by atoms with E-state index in [1.54, 1.807) is 0 Å². The minimum Gasteiger partial charge on any atom is -0.460 e. The molecule has 1 atom stereocenters. The van der Waals surface area contributed by atoms with Crippen molar-refractivity contribution in [2.24, 2.45) is 0 Å². The van der Waals surface area contributed by atoms with E-state index in [1.807, 2.05) is 6.92 Å². The number of hydrogen-bond donors (Lipinski definition) is 0. The van der Waals surface area contributed by atoms with Gasteiger partial charge in [-0.1, -0.05) is 40.2 Å². The lowest BCUT2D eigenvalue weighted by atomic mass is 10.5. The molecule has 1 unspecified atom stereocenters. The van der Waals surface area contributed by atoms with Crippen LogP contribution in [-0.2, 0) is 14.0 Å². The topological polar surface area (TPSA) is 35.5 Å². The Kier molecular flexibility index (Phi) is 9.02. The fraction of sp³-hybridized carbons (Fsp3) is 0.786. The quantitative estimate of drug-likeness (QED) is 0.344. The van der Waals surface area contributed by atoms with Gasteiger partial charge in [-0.05, 0) is 25.4 Å². The summed E-state index contributed by atoms with van der Waals surface area (Å²) in [6, 6.07) is 2.11. The molecule has 0 aromatic heterocycles. The van der Waals surface area contributed by atoms with Crippen LogP contribution in [0.2, 0.25) is 12.1 Å². The molecule has 3 nitrogen and oxygen atoms in total. The van der Waals surface area contributed by atoms with Gasteiger partial charge in [-0.25, -0.2) is 4.79 Å². The summed E-state index contributed by atoms with van der Waals surface area (Å²) in [6.45, 7) is 12.6. The third-order valence-corrected chi connectivity index (χ3v) is 8.42. The first-order valence-corrected chi connectivity index (χ1v) is 9.47. The van der Waals surface area contributed by atoms with Crippen LogP contribution >= 0.6 is 0 Å². The SMILES string of the molecule is C=CC(=O)OC(CC)[Si](CCC)(CCC)OCC. The Morgan fingerprint density at radius 1 is 1.22 bits per heavy atom. The van der Waals surface area contributed by atoms with E-state index >= 15 is 0 Å². The van der Waals surface area contributed by atoms with Crippen LogP contribution in [0.4, 0.5) is 0 Å². The zero-order valence-corrected chi connectivity index (χ0v) is 13.3. The predicted molar refractivity (Wildman–Crippen MR) is 77.9 cm³/mol. The van der Waals surface area contributed by atoms with E-state index in [0.29, 0.717) is 6.61 Å². The van der Waals surface area contributed by atoms with Crippen LogP contribution in [0.3, 0.4) is 0 Å². The fourth-order valence-electron chi connectivity index (χ4n) is 2.57. The van der Waals surface area contributed by atoms with Gasteiger partial charge in [0.25, 0.3) is 0 Å². The molecule has 0 heterocycles. The van der Waals surface area contributed by atoms with E-state index < -0.39 is 8.32 Å². The number of carbonyl (C=O) groups is 1. The minimum atomic E-state index is -1.99. The van der Waals surface area contributed by atoms with Gasteiger partial charge in [-0.15, -0.1) is 0 Å². The van der Waals surface area contributed by atoms with Crippen molar-refractivity contribution < 1.29 is 14.0 Å². The number of rotatable bonds is 10. The van der Waals surface area contributed by atoms with Gasteiger partial charge in [-0.3, -0.25) is 0 Å². The zero-order valence-electron chi connectivity index (χ0n) is 12.3. The standard InChI is InChI=1S/C14H28O3Si/c1-6-11-18(12-7-2,16-10-5)14(9-4)17-13(15)8-3/h8,14H,3,6-7,9-12H2,1-2,4-5H3. The van der Waals surface area contributed by atoms with Crippen LogP contribution in [0.25, 0.3) is 0 Å². The number of ether oxygens (including phenoxy) is 1. The lowest BCUT2D eigenvalue weighted by Crippen LogP contribution is -2.52. The van der Waals surface area contributed by atoms with Gasteiger partial charge in [0, 0.05) is 12.7 Å². The summed E-state index contributed by atoms with van der Waals surface area (Å²) in [5.41, 5.74) is -0.0529. The molecule has 0 rings (SSSR count). The largest absolute Gasteiger partial charge is 0.460 e. The van der Waals surface area contributed by atoms with E-state index in [2.05, 4.69) is 27.4 Å². The van der Waals surface area contributed by atoms with Crippen molar-refractivity contribution in [1.29, 1.82) is 0 Å². The van der Waals surface area contributed by atoms with Gasteiger partial charge >= 0.3 is 5.97 Å². The van der Waals surface area contributed by atoms with Crippen LogP contribution in [0.15, 0.2) is 12.7 Å². The molecule has 0 aliphatic rings. The highest BCUT2D eigenvalue weighted by Crippen LogP contribution is 2.29. The van der Waals surface area contributed by atoms with E-state index in [1.165, 1.54) is 6.08 Å². The molecule has 0 aromatic rings. The first-order valence-electron chi connectivity index (χ1n) is 7.07. The van der Waals surface area contributed by atoms with Crippen molar-refractivity contribution in [1.82, 2.24) is 0 Å². The zero-order chi connectivity index (χ0) is 14.0. The highest BCUT2D eigenvalue weighted by Gasteiger charge is 2.43. The van der Waals surface area contributed by atoms with Gasteiger partial charge in [0.1, 0.15) is 5.73 Å². The molecule has 0 aliphatic carbocycles. The molecular formula is C14H28O3Si. The molecule has 0 saturated heterocycles. The van der Waals surface area contributed by atoms with Crippen molar-refractivity contribution in [2.75, 3.05) is 6.61 Å². The van der Waals surface area contributed by atoms with Crippen LogP contribution in [0, 0.1) is 0 Å². The summed E-state index contributed by atoms with van der Waals surface area (Å²) < 4.78 is 11.7. The maximum Gasteiger partial charge on any atom is 0.330 e. The third-order valence-electron chi connectivity index (χ3n) is 3.16. The Hall–Kier alpha value is -0.613. The van der Waals surface area contributed by atoms with Crippen molar-refractivity contribution >= 4 is 14.3 Å². The summed E-state index contributed by atoms with van der Waals surface area (Å²) in [7, 11) is -1.99. The molecule has 0 aliphatic heterocycles. The number of carbonyl (C=O) groups excluding carboxylic acids is 1. The van der Waals surface area contributed by atoms with Gasteiger partial charge < -0.3 is 9.16 Å². The summed E-state index contributed by atoms with van der Waals surface area (Å²) in [4.78, 5) is 11.5. The smallest absolute Gasteiger partial charge is 0.330 e. The second kappa shape index (κ2) is 9.33. The molecule has 0 spiro atoms. The number of hydrogen-bond acceptors (Lipinski definition) is 3. The van der Waals surface area contributed by atoms with Crippen LogP contribution in [-0.4, -0.2) is 26.6 Å². The lowest BCUT2D eigenvalue weighted by Gasteiger charge is -2.37. The van der Waals surface area contributed by atoms with Gasteiger partial charge in [0.05, 0.1) is 0 Å². The molecule has 0 radical (unpaired) electrons. The van der Waals surface area contributed by atoms with Gasteiger partial charge in [-0.2, -0.15) is 0 Å². The third kappa shape index (κ3) is 4.94. The average Bonchev–Trinajstić information content (AvgIpc) is 2.36. The summed E-state index contributed by atoms with van der Waals surface area (Å²) >= 11 is 0. The van der Waals surface area contributed by atoms with E-state index in [4.69, 9.17) is 9.16 Å². The van der Waals surface area contributed by atoms with E-state index in [-0.39, 0.29) is 11.7 Å². The van der Waals surface area contributed by atoms with E-state index in [0.717, 1.165) is 31.4 Å². The van der Waals surface area contributed by atoms with Crippen LogP contribution < -0.4 is 0 Å². The molecule has 4 heteroatoms. The Bertz CT molecular complexity index is 236. The molecule has 0 bridgehead atoms. The molecule has 0 amide bonds. The van der Waals surface area contributed by atoms with Crippen molar-refractivity contribution in [3.63, 3.8) is 0 Å². The Balaban J connectivity index is 5.04. The molecule has 0 aromatic carbocycles. The van der Waals surface area contributed by atoms with Crippen LogP contribution in [0.1, 0.15) is 47.0 Å². The first kappa shape index (κ1) is 17.4. The molecule has 0 fully saturated rings. The van der Waals surface area contributed by atoms with Crippen molar-refractivity contribution in [3.05, 3.63) is 12.7 Å². The lowest BCUT2D eigenvalue weighted by molar-refractivity contribution is -0.140.